The van der Waals surface area contributed by atoms with Crippen molar-refractivity contribution in [3.05, 3.63) is 70.4 Å². The van der Waals surface area contributed by atoms with E-state index in [1.54, 1.807) is 24.3 Å². The predicted molar refractivity (Wildman–Crippen MR) is 112 cm³/mol. The Morgan fingerprint density at radius 2 is 2.07 bits per heavy atom. The van der Waals surface area contributed by atoms with Gasteiger partial charge in [-0.2, -0.15) is 0 Å². The lowest BCUT2D eigenvalue weighted by Gasteiger charge is -2.11. The number of hydrogen-bond acceptors (Lipinski definition) is 4. The van der Waals surface area contributed by atoms with Gasteiger partial charge in [-0.3, -0.25) is 9.69 Å². The van der Waals surface area contributed by atoms with Gasteiger partial charge in [0.2, 0.25) is 0 Å². The Bertz CT molecular complexity index is 1000. The highest BCUT2D eigenvalue weighted by atomic mass is 32.2. The quantitative estimate of drug-likeness (QED) is 0.465. The summed E-state index contributed by atoms with van der Waals surface area (Å²) >= 11 is 6.55. The fourth-order valence-electron chi connectivity index (χ4n) is 3.04. The summed E-state index contributed by atoms with van der Waals surface area (Å²) in [7, 11) is 0. The highest BCUT2D eigenvalue weighted by Gasteiger charge is 2.31. The smallest absolute Gasteiger partial charge is 0.335 e. The summed E-state index contributed by atoms with van der Waals surface area (Å²) in [6, 6.07) is 8.75. The summed E-state index contributed by atoms with van der Waals surface area (Å²) in [5.74, 6) is -1.09. The van der Waals surface area contributed by atoms with Gasteiger partial charge in [-0.15, -0.1) is 6.58 Å². The van der Waals surface area contributed by atoms with Crippen molar-refractivity contribution in [1.82, 2.24) is 9.47 Å². The molecule has 1 aromatic carbocycles. The lowest BCUT2D eigenvalue weighted by molar-refractivity contribution is -0.121. The molecule has 0 bridgehead atoms. The summed E-state index contributed by atoms with van der Waals surface area (Å²) < 4.78 is 2.50. The summed E-state index contributed by atoms with van der Waals surface area (Å²) in [5, 5.41) is 9.23. The minimum atomic E-state index is -0.967. The Hall–Kier alpha value is -2.64. The van der Waals surface area contributed by atoms with Gasteiger partial charge >= 0.3 is 5.97 Å². The first-order chi connectivity index (χ1) is 12.8. The standard InChI is InChI=1S/C20H18N2O3S2/c1-4-8-21-18(23)17(27-20(21)26)11-15-9-12(2)22(13(15)3)16-7-5-6-14(10-16)19(24)25/h4-7,9-11H,1,8H2,2-3H3,(H,24,25). The van der Waals surface area contributed by atoms with Crippen LogP contribution in [0.15, 0.2) is 47.9 Å². The van der Waals surface area contributed by atoms with E-state index in [1.807, 2.05) is 36.6 Å². The van der Waals surface area contributed by atoms with Gasteiger partial charge in [0.05, 0.1) is 10.5 Å². The Morgan fingerprint density at radius 1 is 1.33 bits per heavy atom. The van der Waals surface area contributed by atoms with Crippen molar-refractivity contribution < 1.29 is 14.7 Å². The number of hydrogen-bond donors (Lipinski definition) is 1. The molecule has 0 spiro atoms. The number of carboxylic acid groups (broad SMARTS) is 1. The molecule has 7 heteroatoms. The van der Waals surface area contributed by atoms with E-state index in [0.29, 0.717) is 15.8 Å². The first-order valence-electron chi connectivity index (χ1n) is 8.22. The van der Waals surface area contributed by atoms with Crippen LogP contribution in [0.2, 0.25) is 0 Å². The van der Waals surface area contributed by atoms with E-state index in [0.717, 1.165) is 22.6 Å². The van der Waals surface area contributed by atoms with Crippen molar-refractivity contribution in [2.24, 2.45) is 0 Å². The van der Waals surface area contributed by atoms with Gasteiger partial charge in [-0.05, 0) is 49.8 Å². The minimum absolute atomic E-state index is 0.123. The maximum absolute atomic E-state index is 12.5. The molecule has 2 aromatic rings. The minimum Gasteiger partial charge on any atom is -0.478 e. The SMILES string of the molecule is C=CCN1C(=O)C(=Cc2cc(C)n(-c3cccc(C(=O)O)c3)c2C)SC1=S. The molecule has 0 aliphatic carbocycles. The third-order valence-corrected chi connectivity index (χ3v) is 5.67. The van der Waals surface area contributed by atoms with Gasteiger partial charge in [0.25, 0.3) is 5.91 Å². The number of carbonyl (C=O) groups is 2. The molecule has 1 amide bonds. The van der Waals surface area contributed by atoms with Crippen molar-refractivity contribution in [1.29, 1.82) is 0 Å². The Morgan fingerprint density at radius 3 is 2.74 bits per heavy atom. The third kappa shape index (κ3) is 3.61. The number of amides is 1. The van der Waals surface area contributed by atoms with Crippen LogP contribution in [0.25, 0.3) is 11.8 Å². The number of benzene rings is 1. The predicted octanol–water partition coefficient (Wildman–Crippen LogP) is 4.18. The van der Waals surface area contributed by atoms with Crippen LogP contribution in [0.4, 0.5) is 0 Å². The van der Waals surface area contributed by atoms with Crippen molar-refractivity contribution in [2.75, 3.05) is 6.54 Å². The maximum atomic E-state index is 12.5. The zero-order valence-corrected chi connectivity index (χ0v) is 16.6. The van der Waals surface area contributed by atoms with Crippen LogP contribution in [0.3, 0.4) is 0 Å². The molecule has 1 saturated heterocycles. The number of rotatable bonds is 5. The number of carbonyl (C=O) groups excluding carboxylic acids is 1. The first kappa shape index (κ1) is 19.1. The van der Waals surface area contributed by atoms with Gasteiger partial charge in [-0.25, -0.2) is 4.79 Å². The molecule has 0 saturated carbocycles. The van der Waals surface area contributed by atoms with Crippen molar-refractivity contribution in [2.45, 2.75) is 13.8 Å². The number of nitrogens with zero attached hydrogens (tertiary/aromatic N) is 2. The van der Waals surface area contributed by atoms with Crippen LogP contribution in [-0.4, -0.2) is 37.3 Å². The van der Waals surface area contributed by atoms with Crippen molar-refractivity contribution in [3.8, 4) is 5.69 Å². The Kier molecular flexibility index (Phi) is 5.34. The molecule has 0 unspecified atom stereocenters. The summed E-state index contributed by atoms with van der Waals surface area (Å²) in [6.07, 6.45) is 3.48. The molecule has 1 fully saturated rings. The zero-order valence-electron chi connectivity index (χ0n) is 14.9. The molecule has 1 N–H and O–H groups in total. The fourth-order valence-corrected chi connectivity index (χ4v) is 4.30. The molecule has 3 rings (SSSR count). The molecular weight excluding hydrogens is 380 g/mol. The topological polar surface area (TPSA) is 62.5 Å². The molecule has 1 aliphatic heterocycles. The molecule has 5 nitrogen and oxygen atoms in total. The lowest BCUT2D eigenvalue weighted by Crippen LogP contribution is -2.27. The molecule has 0 atom stereocenters. The first-order valence-corrected chi connectivity index (χ1v) is 9.45. The number of aromatic carboxylic acids is 1. The second-order valence-corrected chi connectivity index (χ2v) is 7.77. The molecule has 1 aromatic heterocycles. The molecule has 0 radical (unpaired) electrons. The number of thioether (sulfide) groups is 1. The fraction of sp³-hybridized carbons (Fsp3) is 0.150. The van der Waals surface area contributed by atoms with Crippen LogP contribution in [0.1, 0.15) is 27.3 Å². The lowest BCUT2D eigenvalue weighted by atomic mass is 10.2. The second kappa shape index (κ2) is 7.54. The van der Waals surface area contributed by atoms with Gasteiger partial charge in [-0.1, -0.05) is 36.1 Å². The monoisotopic (exact) mass is 398 g/mol. The number of carboxylic acids is 1. The van der Waals surface area contributed by atoms with Crippen LogP contribution in [-0.2, 0) is 4.79 Å². The third-order valence-electron chi connectivity index (χ3n) is 4.29. The highest BCUT2D eigenvalue weighted by Crippen LogP contribution is 2.34. The zero-order chi connectivity index (χ0) is 19.7. The van der Waals surface area contributed by atoms with Crippen molar-refractivity contribution >= 4 is 46.3 Å². The molecule has 27 heavy (non-hydrogen) atoms. The molecular formula is C20H18N2O3S2. The number of aromatic nitrogens is 1. The highest BCUT2D eigenvalue weighted by molar-refractivity contribution is 8.26. The van der Waals surface area contributed by atoms with Crippen LogP contribution in [0, 0.1) is 13.8 Å². The van der Waals surface area contributed by atoms with Gasteiger partial charge < -0.3 is 9.67 Å². The summed E-state index contributed by atoms with van der Waals surface area (Å²) in [4.78, 5) is 25.9. The number of aryl methyl sites for hydroxylation is 1. The Labute approximate surface area is 167 Å². The van der Waals surface area contributed by atoms with E-state index >= 15 is 0 Å². The number of thiocarbonyl (C=S) groups is 1. The van der Waals surface area contributed by atoms with E-state index < -0.39 is 5.97 Å². The summed E-state index contributed by atoms with van der Waals surface area (Å²) in [5.41, 5.74) is 3.76. The van der Waals surface area contributed by atoms with Crippen molar-refractivity contribution in [3.63, 3.8) is 0 Å². The molecule has 1 aliphatic rings. The van der Waals surface area contributed by atoms with E-state index in [4.69, 9.17) is 12.2 Å². The second-order valence-electron chi connectivity index (χ2n) is 6.10. The normalized spacial score (nSPS) is 15.6. The molecule has 138 valence electrons. The van der Waals surface area contributed by atoms with Gasteiger partial charge in [0.15, 0.2) is 0 Å². The summed E-state index contributed by atoms with van der Waals surface area (Å²) in [6.45, 7) is 7.94. The van der Waals surface area contributed by atoms with Gasteiger partial charge in [0, 0.05) is 23.6 Å². The average Bonchev–Trinajstić information content (AvgIpc) is 3.05. The van der Waals surface area contributed by atoms with Crippen LogP contribution < -0.4 is 0 Å². The van der Waals surface area contributed by atoms with E-state index in [-0.39, 0.29) is 11.5 Å². The Balaban J connectivity index is 2.01. The van der Waals surface area contributed by atoms with E-state index in [1.165, 1.54) is 16.7 Å². The average molecular weight is 399 g/mol. The van der Waals surface area contributed by atoms with E-state index in [9.17, 15) is 14.7 Å². The van der Waals surface area contributed by atoms with Crippen LogP contribution in [0.5, 0.6) is 0 Å². The maximum Gasteiger partial charge on any atom is 0.335 e. The molecule has 2 heterocycles. The van der Waals surface area contributed by atoms with Crippen LogP contribution >= 0.6 is 24.0 Å². The largest absolute Gasteiger partial charge is 0.478 e. The van der Waals surface area contributed by atoms with Gasteiger partial charge in [0.1, 0.15) is 4.32 Å². The van der Waals surface area contributed by atoms with E-state index in [2.05, 4.69) is 6.58 Å².